The van der Waals surface area contributed by atoms with E-state index in [1.807, 2.05) is 12.1 Å². The number of fused-ring (bicyclic) bond motifs is 1. The Hall–Kier alpha value is -1.73. The smallest absolute Gasteiger partial charge is 0.221 e. The Morgan fingerprint density at radius 2 is 2.24 bits per heavy atom. The van der Waals surface area contributed by atoms with Gasteiger partial charge in [0, 0.05) is 43.5 Å². The SMILES string of the molecule is COCCNC(=O)CCNc1ccnc2cc(Br)cnc12. The molecule has 21 heavy (non-hydrogen) atoms. The summed E-state index contributed by atoms with van der Waals surface area (Å²) in [4.78, 5) is 20.2. The molecule has 7 heteroatoms. The van der Waals surface area contributed by atoms with Gasteiger partial charge >= 0.3 is 0 Å². The number of hydrogen-bond donors (Lipinski definition) is 2. The van der Waals surface area contributed by atoms with Crippen LogP contribution >= 0.6 is 15.9 Å². The van der Waals surface area contributed by atoms with Crippen molar-refractivity contribution in [3.8, 4) is 0 Å². The van der Waals surface area contributed by atoms with Gasteiger partial charge in [0.2, 0.25) is 5.91 Å². The fraction of sp³-hybridized carbons (Fsp3) is 0.357. The van der Waals surface area contributed by atoms with Crippen LogP contribution in [0.1, 0.15) is 6.42 Å². The Labute approximate surface area is 131 Å². The zero-order chi connectivity index (χ0) is 15.1. The molecule has 1 amide bonds. The zero-order valence-corrected chi connectivity index (χ0v) is 13.3. The monoisotopic (exact) mass is 352 g/mol. The molecule has 0 aliphatic heterocycles. The number of anilines is 1. The Bertz CT molecular complexity index is 621. The number of methoxy groups -OCH3 is 1. The van der Waals surface area contributed by atoms with Gasteiger partial charge in [0.05, 0.1) is 17.8 Å². The number of hydrogen-bond acceptors (Lipinski definition) is 5. The number of rotatable bonds is 7. The third kappa shape index (κ3) is 4.64. The van der Waals surface area contributed by atoms with Crippen LogP contribution < -0.4 is 10.6 Å². The van der Waals surface area contributed by atoms with Gasteiger partial charge in [0.25, 0.3) is 0 Å². The van der Waals surface area contributed by atoms with Crippen molar-refractivity contribution in [3.05, 3.63) is 29.0 Å². The molecule has 0 aliphatic carbocycles. The summed E-state index contributed by atoms with van der Waals surface area (Å²) in [6.07, 6.45) is 3.84. The molecule has 0 aliphatic rings. The molecule has 6 nitrogen and oxygen atoms in total. The number of pyridine rings is 2. The van der Waals surface area contributed by atoms with Gasteiger partial charge < -0.3 is 15.4 Å². The van der Waals surface area contributed by atoms with Gasteiger partial charge in [0.1, 0.15) is 5.52 Å². The number of halogens is 1. The van der Waals surface area contributed by atoms with Crippen LogP contribution in [0, 0.1) is 0 Å². The lowest BCUT2D eigenvalue weighted by Gasteiger charge is -2.09. The van der Waals surface area contributed by atoms with Crippen molar-refractivity contribution in [1.29, 1.82) is 0 Å². The summed E-state index contributed by atoms with van der Waals surface area (Å²) in [6.45, 7) is 1.59. The molecule has 2 rings (SSSR count). The van der Waals surface area contributed by atoms with Crippen LogP contribution in [0.15, 0.2) is 29.0 Å². The van der Waals surface area contributed by atoms with Gasteiger partial charge in [-0.25, -0.2) is 0 Å². The zero-order valence-electron chi connectivity index (χ0n) is 11.7. The fourth-order valence-corrected chi connectivity index (χ4v) is 2.16. The highest BCUT2D eigenvalue weighted by molar-refractivity contribution is 9.10. The number of carbonyl (C=O) groups excluding carboxylic acids is 1. The molecule has 0 unspecified atom stereocenters. The molecule has 0 aromatic carbocycles. The molecule has 0 atom stereocenters. The predicted molar refractivity (Wildman–Crippen MR) is 85.2 cm³/mol. The molecule has 0 saturated heterocycles. The van der Waals surface area contributed by atoms with Gasteiger partial charge in [-0.2, -0.15) is 0 Å². The Morgan fingerprint density at radius 3 is 3.05 bits per heavy atom. The summed E-state index contributed by atoms with van der Waals surface area (Å²) >= 11 is 3.37. The van der Waals surface area contributed by atoms with E-state index in [0.29, 0.717) is 26.1 Å². The van der Waals surface area contributed by atoms with Gasteiger partial charge in [-0.05, 0) is 28.1 Å². The highest BCUT2D eigenvalue weighted by Crippen LogP contribution is 2.21. The molecule has 0 fully saturated rings. The van der Waals surface area contributed by atoms with Crippen LogP contribution in [0.5, 0.6) is 0 Å². The first kappa shape index (κ1) is 15.7. The van der Waals surface area contributed by atoms with Crippen molar-refractivity contribution >= 4 is 38.6 Å². The Balaban J connectivity index is 1.90. The van der Waals surface area contributed by atoms with Gasteiger partial charge in [-0.15, -0.1) is 0 Å². The van der Waals surface area contributed by atoms with Crippen molar-refractivity contribution in [2.45, 2.75) is 6.42 Å². The number of ether oxygens (including phenoxy) is 1. The van der Waals surface area contributed by atoms with Crippen LogP contribution in [0.3, 0.4) is 0 Å². The van der Waals surface area contributed by atoms with E-state index in [1.54, 1.807) is 19.5 Å². The van der Waals surface area contributed by atoms with Crippen LogP contribution in [0.25, 0.3) is 11.0 Å². The van der Waals surface area contributed by atoms with Crippen LogP contribution in [0.4, 0.5) is 5.69 Å². The molecule has 112 valence electrons. The maximum absolute atomic E-state index is 11.6. The summed E-state index contributed by atoms with van der Waals surface area (Å²) in [5.41, 5.74) is 2.47. The van der Waals surface area contributed by atoms with E-state index in [9.17, 15) is 4.79 Å². The van der Waals surface area contributed by atoms with E-state index in [0.717, 1.165) is 21.2 Å². The summed E-state index contributed by atoms with van der Waals surface area (Å²) < 4.78 is 5.76. The molecule has 0 radical (unpaired) electrons. The first-order valence-electron chi connectivity index (χ1n) is 6.60. The largest absolute Gasteiger partial charge is 0.383 e. The number of aromatic nitrogens is 2. The maximum Gasteiger partial charge on any atom is 0.221 e. The maximum atomic E-state index is 11.6. The van der Waals surface area contributed by atoms with E-state index >= 15 is 0 Å². The first-order chi connectivity index (χ1) is 10.2. The second-order valence-electron chi connectivity index (χ2n) is 4.40. The summed E-state index contributed by atoms with van der Waals surface area (Å²) in [5, 5.41) is 5.99. The van der Waals surface area contributed by atoms with E-state index < -0.39 is 0 Å². The lowest BCUT2D eigenvalue weighted by atomic mass is 10.2. The minimum Gasteiger partial charge on any atom is -0.383 e. The fourth-order valence-electron chi connectivity index (χ4n) is 1.84. The van der Waals surface area contributed by atoms with Crippen molar-refractivity contribution < 1.29 is 9.53 Å². The highest BCUT2D eigenvalue weighted by Gasteiger charge is 2.05. The average Bonchev–Trinajstić information content (AvgIpc) is 2.47. The summed E-state index contributed by atoms with van der Waals surface area (Å²) in [6, 6.07) is 3.76. The molecule has 0 spiro atoms. The summed E-state index contributed by atoms with van der Waals surface area (Å²) in [7, 11) is 1.60. The van der Waals surface area contributed by atoms with E-state index in [4.69, 9.17) is 4.74 Å². The quantitative estimate of drug-likeness (QED) is 0.745. The second-order valence-corrected chi connectivity index (χ2v) is 5.31. The first-order valence-corrected chi connectivity index (χ1v) is 7.40. The third-order valence-electron chi connectivity index (χ3n) is 2.84. The van der Waals surface area contributed by atoms with E-state index in [1.165, 1.54) is 0 Å². The molecular weight excluding hydrogens is 336 g/mol. The van der Waals surface area contributed by atoms with Crippen LogP contribution in [-0.2, 0) is 9.53 Å². The lowest BCUT2D eigenvalue weighted by molar-refractivity contribution is -0.121. The average molecular weight is 353 g/mol. The second kappa shape index (κ2) is 7.90. The topological polar surface area (TPSA) is 76.1 Å². The van der Waals surface area contributed by atoms with Crippen molar-refractivity contribution in [2.24, 2.45) is 0 Å². The third-order valence-corrected chi connectivity index (χ3v) is 3.27. The lowest BCUT2D eigenvalue weighted by Crippen LogP contribution is -2.28. The molecule has 2 N–H and O–H groups in total. The van der Waals surface area contributed by atoms with Crippen molar-refractivity contribution in [3.63, 3.8) is 0 Å². The van der Waals surface area contributed by atoms with Crippen LogP contribution in [0.2, 0.25) is 0 Å². The molecule has 0 saturated carbocycles. The normalized spacial score (nSPS) is 10.6. The van der Waals surface area contributed by atoms with E-state index in [-0.39, 0.29) is 5.91 Å². The number of nitrogens with zero attached hydrogens (tertiary/aromatic N) is 2. The van der Waals surface area contributed by atoms with E-state index in [2.05, 4.69) is 36.5 Å². The minimum atomic E-state index is -0.00591. The molecule has 2 aromatic rings. The molecular formula is C14H17BrN4O2. The minimum absolute atomic E-state index is 0.00591. The predicted octanol–water partition coefficient (Wildman–Crippen LogP) is 1.96. The number of carbonyl (C=O) groups is 1. The van der Waals surface area contributed by atoms with Crippen molar-refractivity contribution in [1.82, 2.24) is 15.3 Å². The van der Waals surface area contributed by atoms with Crippen LogP contribution in [-0.4, -0.2) is 42.7 Å². The summed E-state index contributed by atoms with van der Waals surface area (Å²) in [5.74, 6) is -0.00591. The standard InChI is InChI=1S/C14H17BrN4O2/c1-21-7-6-18-13(20)3-5-16-11-2-4-17-12-8-10(15)9-19-14(11)12/h2,4,8-9H,3,5-7H2,1H3,(H,16,17)(H,18,20). The molecule has 2 aromatic heterocycles. The van der Waals surface area contributed by atoms with Crippen molar-refractivity contribution in [2.75, 3.05) is 32.1 Å². The van der Waals surface area contributed by atoms with Gasteiger partial charge in [-0.3, -0.25) is 14.8 Å². The highest BCUT2D eigenvalue weighted by atomic mass is 79.9. The van der Waals surface area contributed by atoms with Gasteiger partial charge in [0.15, 0.2) is 0 Å². The Morgan fingerprint density at radius 1 is 1.38 bits per heavy atom. The van der Waals surface area contributed by atoms with Gasteiger partial charge in [-0.1, -0.05) is 0 Å². The number of amides is 1. The number of nitrogens with one attached hydrogen (secondary N) is 2. The Kier molecular flexibility index (Phi) is 5.89. The molecule has 0 bridgehead atoms. The molecule has 2 heterocycles.